The maximum atomic E-state index is 12.2. The first-order valence-electron chi connectivity index (χ1n) is 5.12. The number of anilines is 1. The van der Waals surface area contributed by atoms with E-state index in [-0.39, 0.29) is 12.0 Å². The average Bonchev–Trinajstić information content (AvgIpc) is 2.26. The van der Waals surface area contributed by atoms with E-state index in [1.54, 1.807) is 0 Å². The van der Waals surface area contributed by atoms with Gasteiger partial charge in [0, 0.05) is 18.6 Å². The summed E-state index contributed by atoms with van der Waals surface area (Å²) < 4.78 is 36.7. The first-order chi connectivity index (χ1) is 7.74. The fourth-order valence-corrected chi connectivity index (χ4v) is 1.06. The van der Waals surface area contributed by atoms with Gasteiger partial charge in [-0.1, -0.05) is 13.8 Å². The Morgan fingerprint density at radius 3 is 2.35 bits per heavy atom. The van der Waals surface area contributed by atoms with Crippen molar-refractivity contribution in [1.82, 2.24) is 4.98 Å². The van der Waals surface area contributed by atoms with Crippen molar-refractivity contribution >= 4 is 5.69 Å². The number of nitrogens with one attached hydrogen (secondary N) is 1. The van der Waals surface area contributed by atoms with Gasteiger partial charge in [-0.2, -0.15) is 13.2 Å². The van der Waals surface area contributed by atoms with E-state index in [9.17, 15) is 13.2 Å². The minimum atomic E-state index is -4.41. The molecule has 17 heavy (non-hydrogen) atoms. The van der Waals surface area contributed by atoms with Crippen LogP contribution >= 0.6 is 0 Å². The molecular formula is C11H15F3N2O. The van der Waals surface area contributed by atoms with Gasteiger partial charge in [0.15, 0.2) is 0 Å². The molecule has 0 spiro atoms. The summed E-state index contributed by atoms with van der Waals surface area (Å²) in [6.45, 7) is 4.14. The number of rotatable bonds is 4. The third-order valence-electron chi connectivity index (χ3n) is 2.25. The van der Waals surface area contributed by atoms with Crippen LogP contribution in [0, 0.1) is 5.41 Å². The number of aliphatic hydroxyl groups is 1. The second kappa shape index (κ2) is 4.91. The summed E-state index contributed by atoms with van der Waals surface area (Å²) in [6, 6.07) is 2.25. The van der Waals surface area contributed by atoms with Crippen LogP contribution in [0.4, 0.5) is 18.9 Å². The minimum absolute atomic E-state index is 0.00589. The summed E-state index contributed by atoms with van der Waals surface area (Å²) in [5.41, 5.74) is -0.744. The number of hydrogen-bond donors (Lipinski definition) is 2. The summed E-state index contributed by atoms with van der Waals surface area (Å²) >= 11 is 0. The van der Waals surface area contributed by atoms with Gasteiger partial charge < -0.3 is 10.4 Å². The smallest absolute Gasteiger partial charge is 0.396 e. The summed E-state index contributed by atoms with van der Waals surface area (Å²) in [4.78, 5) is 3.33. The molecule has 0 bridgehead atoms. The van der Waals surface area contributed by atoms with E-state index >= 15 is 0 Å². The van der Waals surface area contributed by atoms with Crippen LogP contribution in [0.25, 0.3) is 0 Å². The van der Waals surface area contributed by atoms with E-state index in [4.69, 9.17) is 5.11 Å². The normalized spacial score (nSPS) is 12.6. The van der Waals surface area contributed by atoms with Crippen molar-refractivity contribution in [2.24, 2.45) is 5.41 Å². The molecule has 0 aromatic carbocycles. The van der Waals surface area contributed by atoms with E-state index in [2.05, 4.69) is 10.3 Å². The average molecular weight is 248 g/mol. The van der Waals surface area contributed by atoms with E-state index < -0.39 is 11.9 Å². The Bertz CT molecular complexity index is 360. The van der Waals surface area contributed by atoms with Gasteiger partial charge in [0.25, 0.3) is 0 Å². The van der Waals surface area contributed by atoms with Crippen LogP contribution in [0.2, 0.25) is 0 Å². The molecule has 0 amide bonds. The molecular weight excluding hydrogens is 233 g/mol. The van der Waals surface area contributed by atoms with E-state index in [0.717, 1.165) is 12.3 Å². The van der Waals surface area contributed by atoms with Gasteiger partial charge in [-0.05, 0) is 12.1 Å². The molecule has 0 radical (unpaired) electrons. The van der Waals surface area contributed by atoms with Crippen LogP contribution in [0.15, 0.2) is 18.3 Å². The lowest BCUT2D eigenvalue weighted by atomic mass is 9.95. The number of hydrogen-bond acceptors (Lipinski definition) is 3. The lowest BCUT2D eigenvalue weighted by molar-refractivity contribution is -0.141. The van der Waals surface area contributed by atoms with Crippen LogP contribution in [0.3, 0.4) is 0 Å². The van der Waals surface area contributed by atoms with Crippen molar-refractivity contribution in [1.29, 1.82) is 0 Å². The first kappa shape index (κ1) is 13.8. The molecule has 1 aromatic rings. The molecule has 1 heterocycles. The number of alkyl halides is 3. The van der Waals surface area contributed by atoms with Crippen LogP contribution < -0.4 is 5.32 Å². The summed E-state index contributed by atoms with van der Waals surface area (Å²) in [6.07, 6.45) is -3.28. The molecule has 1 aromatic heterocycles. The summed E-state index contributed by atoms with van der Waals surface area (Å²) in [5.74, 6) is 0. The maximum Gasteiger partial charge on any atom is 0.433 e. The molecule has 96 valence electrons. The minimum Gasteiger partial charge on any atom is -0.396 e. The van der Waals surface area contributed by atoms with Crippen molar-refractivity contribution in [3.8, 4) is 0 Å². The molecule has 6 heteroatoms. The predicted molar refractivity (Wildman–Crippen MR) is 58.6 cm³/mol. The molecule has 0 aliphatic rings. The number of aliphatic hydroxyl groups excluding tert-OH is 1. The topological polar surface area (TPSA) is 45.1 Å². The summed E-state index contributed by atoms with van der Waals surface area (Å²) in [5, 5.41) is 11.9. The zero-order valence-corrected chi connectivity index (χ0v) is 9.67. The zero-order chi connectivity index (χ0) is 13.1. The highest BCUT2D eigenvalue weighted by Gasteiger charge is 2.32. The molecule has 0 atom stereocenters. The van der Waals surface area contributed by atoms with Gasteiger partial charge in [-0.25, -0.2) is 4.98 Å². The number of aromatic nitrogens is 1. The third-order valence-corrected chi connectivity index (χ3v) is 2.25. The zero-order valence-electron chi connectivity index (χ0n) is 9.67. The van der Waals surface area contributed by atoms with Crippen molar-refractivity contribution in [3.05, 3.63) is 24.0 Å². The van der Waals surface area contributed by atoms with E-state index in [0.29, 0.717) is 12.2 Å². The third kappa shape index (κ3) is 4.22. The molecule has 1 rings (SSSR count). The van der Waals surface area contributed by atoms with Gasteiger partial charge in [0.05, 0.1) is 11.9 Å². The Kier molecular flexibility index (Phi) is 3.98. The molecule has 0 unspecified atom stereocenters. The molecule has 0 aliphatic heterocycles. The fraction of sp³-hybridized carbons (Fsp3) is 0.545. The summed E-state index contributed by atoms with van der Waals surface area (Å²) in [7, 11) is 0. The highest BCUT2D eigenvalue weighted by molar-refractivity contribution is 5.41. The van der Waals surface area contributed by atoms with Crippen LogP contribution in [-0.4, -0.2) is 23.2 Å². The van der Waals surface area contributed by atoms with Gasteiger partial charge in [-0.3, -0.25) is 0 Å². The molecule has 0 aliphatic carbocycles. The largest absolute Gasteiger partial charge is 0.433 e. The van der Waals surface area contributed by atoms with E-state index in [1.807, 2.05) is 13.8 Å². The highest BCUT2D eigenvalue weighted by atomic mass is 19.4. The SMILES string of the molecule is CC(C)(CO)CNc1ccc(C(F)(F)F)nc1. The van der Waals surface area contributed by atoms with Gasteiger partial charge in [-0.15, -0.1) is 0 Å². The second-order valence-corrected chi connectivity index (χ2v) is 4.61. The predicted octanol–water partition coefficient (Wildman–Crippen LogP) is 2.53. The van der Waals surface area contributed by atoms with Crippen molar-refractivity contribution < 1.29 is 18.3 Å². The van der Waals surface area contributed by atoms with Gasteiger partial charge in [0.1, 0.15) is 5.69 Å². The maximum absolute atomic E-state index is 12.2. The van der Waals surface area contributed by atoms with Crippen LogP contribution in [0.5, 0.6) is 0 Å². The number of halogens is 3. The quantitative estimate of drug-likeness (QED) is 0.860. The lowest BCUT2D eigenvalue weighted by Gasteiger charge is -2.22. The standard InChI is InChI=1S/C11H15F3N2O/c1-10(2,7-17)6-16-8-3-4-9(15-5-8)11(12,13)14/h3-5,16-17H,6-7H2,1-2H3. The Hall–Kier alpha value is -1.30. The Morgan fingerprint density at radius 1 is 1.29 bits per heavy atom. The Balaban J connectivity index is 2.64. The van der Waals surface area contributed by atoms with Crippen molar-refractivity contribution in [3.63, 3.8) is 0 Å². The number of nitrogens with zero attached hydrogens (tertiary/aromatic N) is 1. The highest BCUT2D eigenvalue weighted by Crippen LogP contribution is 2.27. The molecule has 0 saturated heterocycles. The fourth-order valence-electron chi connectivity index (χ4n) is 1.06. The van der Waals surface area contributed by atoms with Crippen molar-refractivity contribution in [2.45, 2.75) is 20.0 Å². The second-order valence-electron chi connectivity index (χ2n) is 4.61. The molecule has 0 saturated carbocycles. The van der Waals surface area contributed by atoms with Gasteiger partial charge in [0.2, 0.25) is 0 Å². The number of pyridine rings is 1. The van der Waals surface area contributed by atoms with E-state index in [1.165, 1.54) is 6.07 Å². The molecule has 3 nitrogen and oxygen atoms in total. The first-order valence-corrected chi connectivity index (χ1v) is 5.12. The Morgan fingerprint density at radius 2 is 1.94 bits per heavy atom. The van der Waals surface area contributed by atoms with Crippen LogP contribution in [-0.2, 0) is 6.18 Å². The molecule has 2 N–H and O–H groups in total. The van der Waals surface area contributed by atoms with Crippen LogP contribution in [0.1, 0.15) is 19.5 Å². The lowest BCUT2D eigenvalue weighted by Crippen LogP contribution is -2.26. The Labute approximate surface area is 97.7 Å². The monoisotopic (exact) mass is 248 g/mol. The molecule has 0 fully saturated rings. The van der Waals surface area contributed by atoms with Crippen molar-refractivity contribution in [2.75, 3.05) is 18.5 Å². The van der Waals surface area contributed by atoms with Gasteiger partial charge >= 0.3 is 6.18 Å².